The molecule has 2 N–H and O–H groups in total. The molecule has 0 radical (unpaired) electrons. The maximum Gasteiger partial charge on any atom is 0.342 e. The van der Waals surface area contributed by atoms with Gasteiger partial charge in [0.15, 0.2) is 6.10 Å². The highest BCUT2D eigenvalue weighted by molar-refractivity contribution is 5.87. The third-order valence-electron chi connectivity index (χ3n) is 14.8. The highest BCUT2D eigenvalue weighted by atomic mass is 16.7. The fraction of sp³-hybridized carbons (Fsp3) is 0.800. The Morgan fingerprint density at radius 3 is 2.00 bits per heavy atom. The summed E-state index contributed by atoms with van der Waals surface area (Å²) in [6.45, 7) is 17.2. The molecule has 4 aliphatic carbocycles. The van der Waals surface area contributed by atoms with Gasteiger partial charge in [-0.15, -0.1) is 0 Å². The molecule has 16 nitrogen and oxygen atoms in total. The number of ether oxygens (including phenoxy) is 8. The molecular weight excluding hydrogens is 736 g/mol. The van der Waals surface area contributed by atoms with Crippen LogP contribution in [0.4, 0.5) is 0 Å². The van der Waals surface area contributed by atoms with Crippen LogP contribution in [0.2, 0.25) is 0 Å². The van der Waals surface area contributed by atoms with Crippen molar-refractivity contribution in [2.75, 3.05) is 20.3 Å². The number of aliphatic hydroxyl groups is 2. The van der Waals surface area contributed by atoms with Crippen molar-refractivity contribution in [3.8, 4) is 0 Å². The maximum absolute atomic E-state index is 13.9. The first kappa shape index (κ1) is 42.0. The van der Waals surface area contributed by atoms with Crippen molar-refractivity contribution >= 4 is 35.8 Å². The van der Waals surface area contributed by atoms with Crippen LogP contribution in [-0.4, -0.2) is 120 Å². The molecule has 56 heavy (non-hydrogen) atoms. The van der Waals surface area contributed by atoms with E-state index in [1.54, 1.807) is 20.8 Å². The first-order valence-corrected chi connectivity index (χ1v) is 19.3. The molecule has 312 valence electrons. The van der Waals surface area contributed by atoms with Crippen LogP contribution in [0.1, 0.15) is 88.0 Å². The van der Waals surface area contributed by atoms with Crippen molar-refractivity contribution in [1.82, 2.24) is 0 Å². The van der Waals surface area contributed by atoms with Gasteiger partial charge in [-0.05, 0) is 50.5 Å². The van der Waals surface area contributed by atoms with E-state index in [1.165, 1.54) is 34.8 Å². The number of fused-ring (bicyclic) bond motifs is 9. The smallest absolute Gasteiger partial charge is 0.342 e. The Balaban J connectivity index is 1.70. The summed E-state index contributed by atoms with van der Waals surface area (Å²) >= 11 is 0. The number of carbonyl (C=O) groups excluding carboxylic acids is 6. The standard InChI is InChI=1S/C40H56O16/c1-12-50-26(46)15-24-28-35(8)14-13-25-36(9,29(35)27(52-20(4)42)31(53-21(5)43)38(28,17-51-24)19(3)41)32(54-22(6)44)33(55-23(7)45)37(10)39(25,48)16-18(2)30-40(37,56-30)34(47)49-11/h19,24-25,27-33,41,48H,2,12-17H2,1,3-11H3/t19?,24?,25-,27+,28+,29+,30-,31+,32-,33+,35+,36+,37-,38-,39-,40+/m1/s1. The van der Waals surface area contributed by atoms with Crippen molar-refractivity contribution in [2.24, 2.45) is 39.4 Å². The number of epoxide rings is 1. The van der Waals surface area contributed by atoms with Crippen molar-refractivity contribution in [3.05, 3.63) is 12.2 Å². The van der Waals surface area contributed by atoms with Crippen LogP contribution in [-0.2, 0) is 66.7 Å². The SMILES string of the molecule is C=C1C[C@@]2(O)[C@@H]3CC[C@@]4(C)[C@@H]5C(CC(=O)OCC)OC[C@]5(C(C)O)[C@@H](OC(C)=O)[C@@H](OC(C)=O)[C@@H]4[C@@]3(C)[C@H](OC(C)=O)[C@H](OC(C)=O)[C@@]2(C)[C@]2(C(=O)OC)O[C@H]12. The maximum atomic E-state index is 13.9. The lowest BCUT2D eigenvalue weighted by Gasteiger charge is -2.74. The minimum Gasteiger partial charge on any atom is -0.467 e. The molecule has 0 aromatic carbocycles. The van der Waals surface area contributed by atoms with Crippen LogP contribution < -0.4 is 0 Å². The van der Waals surface area contributed by atoms with Crippen LogP contribution >= 0.6 is 0 Å². The second-order valence-corrected chi connectivity index (χ2v) is 17.4. The minimum atomic E-state index is -1.99. The molecule has 0 amide bonds. The third kappa shape index (κ3) is 5.37. The number of esters is 6. The highest BCUT2D eigenvalue weighted by Gasteiger charge is 2.91. The van der Waals surface area contributed by atoms with E-state index in [0.29, 0.717) is 5.57 Å². The predicted molar refractivity (Wildman–Crippen MR) is 190 cm³/mol. The zero-order chi connectivity index (χ0) is 41.7. The molecule has 16 atom stereocenters. The van der Waals surface area contributed by atoms with Gasteiger partial charge in [0.25, 0.3) is 0 Å². The summed E-state index contributed by atoms with van der Waals surface area (Å²) in [5.74, 6) is -7.31. The Bertz CT molecular complexity index is 1710. The van der Waals surface area contributed by atoms with Crippen molar-refractivity contribution < 1.29 is 76.9 Å². The molecule has 2 saturated heterocycles. The topological polar surface area (TPSA) is 220 Å². The minimum absolute atomic E-state index is 0.101. The number of methoxy groups -OCH3 is 1. The lowest BCUT2D eigenvalue weighted by Crippen LogP contribution is -2.84. The molecule has 0 aromatic heterocycles. The molecule has 2 unspecified atom stereocenters. The van der Waals surface area contributed by atoms with Crippen molar-refractivity contribution in [3.63, 3.8) is 0 Å². The van der Waals surface area contributed by atoms with Gasteiger partial charge < -0.3 is 48.1 Å². The van der Waals surface area contributed by atoms with Gasteiger partial charge in [0.1, 0.15) is 24.4 Å². The summed E-state index contributed by atoms with van der Waals surface area (Å²) in [7, 11) is 1.17. The monoisotopic (exact) mass is 792 g/mol. The first-order chi connectivity index (χ1) is 26.0. The third-order valence-corrected chi connectivity index (χ3v) is 14.8. The Morgan fingerprint density at radius 2 is 1.46 bits per heavy atom. The lowest BCUT2D eigenvalue weighted by atomic mass is 9.31. The van der Waals surface area contributed by atoms with E-state index in [9.17, 15) is 39.0 Å². The van der Waals surface area contributed by atoms with E-state index >= 15 is 0 Å². The predicted octanol–water partition coefficient (Wildman–Crippen LogP) is 2.12. The van der Waals surface area contributed by atoms with E-state index < -0.39 is 129 Å². The van der Waals surface area contributed by atoms with E-state index in [2.05, 4.69) is 6.58 Å². The molecule has 0 bridgehead atoms. The molecule has 2 aliphatic heterocycles. The van der Waals surface area contributed by atoms with Crippen LogP contribution in [0.15, 0.2) is 12.2 Å². The average molecular weight is 793 g/mol. The molecule has 6 aliphatic rings. The quantitative estimate of drug-likeness (QED) is 0.148. The Labute approximate surface area is 326 Å². The first-order valence-electron chi connectivity index (χ1n) is 19.3. The lowest BCUT2D eigenvalue weighted by molar-refractivity contribution is -0.356. The average Bonchev–Trinajstić information content (AvgIpc) is 3.75. The number of carbonyl (C=O) groups is 6. The van der Waals surface area contributed by atoms with Crippen LogP contribution in [0, 0.1) is 39.4 Å². The molecule has 0 aromatic rings. The van der Waals surface area contributed by atoms with Crippen LogP contribution in [0.25, 0.3) is 0 Å². The Kier molecular flexibility index (Phi) is 10.3. The van der Waals surface area contributed by atoms with E-state index in [-0.39, 0.29) is 38.9 Å². The van der Waals surface area contributed by atoms with Gasteiger partial charge in [0, 0.05) is 51.4 Å². The van der Waals surface area contributed by atoms with Crippen molar-refractivity contribution in [1.29, 1.82) is 0 Å². The molecule has 6 rings (SSSR count). The molecule has 16 heteroatoms. The van der Waals surface area contributed by atoms with Gasteiger partial charge in [0.2, 0.25) is 5.60 Å². The summed E-state index contributed by atoms with van der Waals surface area (Å²) in [6, 6.07) is 0. The van der Waals surface area contributed by atoms with Gasteiger partial charge in [0.05, 0.1) is 55.4 Å². The van der Waals surface area contributed by atoms with Gasteiger partial charge >= 0.3 is 35.8 Å². The van der Waals surface area contributed by atoms with Gasteiger partial charge in [-0.3, -0.25) is 24.0 Å². The second-order valence-electron chi connectivity index (χ2n) is 17.4. The fourth-order valence-corrected chi connectivity index (χ4v) is 13.2. The van der Waals surface area contributed by atoms with Crippen LogP contribution in [0.5, 0.6) is 0 Å². The number of hydrogen-bond donors (Lipinski definition) is 2. The Morgan fingerprint density at radius 1 is 0.893 bits per heavy atom. The van der Waals surface area contributed by atoms with E-state index in [0.717, 1.165) is 6.92 Å². The van der Waals surface area contributed by atoms with Crippen LogP contribution in [0.3, 0.4) is 0 Å². The summed E-state index contributed by atoms with van der Waals surface area (Å²) < 4.78 is 48.1. The molecule has 0 spiro atoms. The molecule has 2 heterocycles. The molecule has 6 fully saturated rings. The zero-order valence-electron chi connectivity index (χ0n) is 33.8. The fourth-order valence-electron chi connectivity index (χ4n) is 13.2. The summed E-state index contributed by atoms with van der Waals surface area (Å²) in [6.07, 6.45) is -8.85. The van der Waals surface area contributed by atoms with Crippen molar-refractivity contribution in [2.45, 2.75) is 142 Å². The largest absolute Gasteiger partial charge is 0.467 e. The van der Waals surface area contributed by atoms with E-state index in [1.807, 2.05) is 6.92 Å². The highest BCUT2D eigenvalue weighted by Crippen LogP contribution is 2.79. The molecule has 4 saturated carbocycles. The number of hydrogen-bond acceptors (Lipinski definition) is 16. The molecular formula is C40H56O16. The zero-order valence-corrected chi connectivity index (χ0v) is 33.8. The Hall–Kier alpha value is -3.60. The second kappa shape index (κ2) is 13.8. The van der Waals surface area contributed by atoms with Gasteiger partial charge in [-0.2, -0.15) is 0 Å². The van der Waals surface area contributed by atoms with Gasteiger partial charge in [-0.1, -0.05) is 20.4 Å². The summed E-state index contributed by atoms with van der Waals surface area (Å²) in [5, 5.41) is 25.5. The summed E-state index contributed by atoms with van der Waals surface area (Å²) in [4.78, 5) is 80.1. The van der Waals surface area contributed by atoms with E-state index in [4.69, 9.17) is 37.9 Å². The number of rotatable bonds is 9. The summed E-state index contributed by atoms with van der Waals surface area (Å²) in [5.41, 5.74) is -9.47. The number of aliphatic hydroxyl groups excluding tert-OH is 1. The van der Waals surface area contributed by atoms with Gasteiger partial charge in [-0.25, -0.2) is 4.79 Å². The normalized spacial score (nSPS) is 46.2.